The van der Waals surface area contributed by atoms with Crippen molar-refractivity contribution >= 4 is 0 Å². The first-order chi connectivity index (χ1) is 5.52. The highest BCUT2D eigenvalue weighted by Crippen LogP contribution is 2.28. The van der Waals surface area contributed by atoms with Crippen LogP contribution in [0.2, 0.25) is 0 Å². The molecule has 0 aliphatic rings. The van der Waals surface area contributed by atoms with Crippen molar-refractivity contribution in [1.82, 2.24) is 5.32 Å². The Kier molecular flexibility index (Phi) is 4.91. The highest BCUT2D eigenvalue weighted by Gasteiger charge is 2.16. The van der Waals surface area contributed by atoms with Gasteiger partial charge in [-0.15, -0.1) is 0 Å². The van der Waals surface area contributed by atoms with Crippen molar-refractivity contribution in [2.45, 2.75) is 26.7 Å². The third-order valence-electron chi connectivity index (χ3n) is 2.05. The summed E-state index contributed by atoms with van der Waals surface area (Å²) in [5.41, 5.74) is 1.48. The molecule has 0 aromatic carbocycles. The van der Waals surface area contributed by atoms with Crippen LogP contribution in [0.15, 0.2) is 24.8 Å². The smallest absolute Gasteiger partial charge is 0.00467 e. The van der Waals surface area contributed by atoms with E-state index in [1.165, 1.54) is 6.42 Å². The topological polar surface area (TPSA) is 12.0 Å². The first-order valence-corrected chi connectivity index (χ1v) is 4.46. The Morgan fingerprint density at radius 1 is 1.50 bits per heavy atom. The molecule has 0 spiro atoms. The first-order valence-electron chi connectivity index (χ1n) is 4.46. The van der Waals surface area contributed by atoms with Gasteiger partial charge < -0.3 is 5.32 Å². The summed E-state index contributed by atoms with van der Waals surface area (Å²) >= 11 is 0. The van der Waals surface area contributed by atoms with Crippen molar-refractivity contribution in [3.8, 4) is 0 Å². The molecule has 0 aliphatic heterocycles. The molecule has 0 saturated heterocycles. The van der Waals surface area contributed by atoms with Gasteiger partial charge in [0.25, 0.3) is 0 Å². The zero-order valence-corrected chi connectivity index (χ0v) is 8.61. The third-order valence-corrected chi connectivity index (χ3v) is 2.05. The van der Waals surface area contributed by atoms with E-state index >= 15 is 0 Å². The Bertz CT molecular complexity index is 156. The fourth-order valence-corrected chi connectivity index (χ4v) is 1.24. The summed E-state index contributed by atoms with van der Waals surface area (Å²) in [5.74, 6) is 0. The average Bonchev–Trinajstić information content (AvgIpc) is 2.00. The number of hydrogen-bond donors (Lipinski definition) is 1. The van der Waals surface area contributed by atoms with Crippen LogP contribution in [0.4, 0.5) is 0 Å². The van der Waals surface area contributed by atoms with Crippen molar-refractivity contribution in [3.05, 3.63) is 24.8 Å². The fourth-order valence-electron chi connectivity index (χ4n) is 1.24. The summed E-state index contributed by atoms with van der Waals surface area (Å²) in [7, 11) is 1.98. The summed E-state index contributed by atoms with van der Waals surface area (Å²) in [6.45, 7) is 13.2. The molecule has 0 heterocycles. The predicted molar refractivity (Wildman–Crippen MR) is 56.3 cm³/mol. The third kappa shape index (κ3) is 5.14. The summed E-state index contributed by atoms with van der Waals surface area (Å²) in [5, 5.41) is 3.16. The van der Waals surface area contributed by atoms with Crippen LogP contribution in [0.1, 0.15) is 26.7 Å². The molecule has 0 saturated carbocycles. The second kappa shape index (κ2) is 5.15. The number of hydrogen-bond acceptors (Lipinski definition) is 1. The van der Waals surface area contributed by atoms with Gasteiger partial charge in [-0.25, -0.2) is 0 Å². The predicted octanol–water partition coefficient (Wildman–Crippen LogP) is 2.75. The molecule has 12 heavy (non-hydrogen) atoms. The fraction of sp³-hybridized carbons (Fsp3) is 0.636. The van der Waals surface area contributed by atoms with Crippen LogP contribution in [-0.4, -0.2) is 13.6 Å². The molecule has 70 valence electrons. The monoisotopic (exact) mass is 167 g/mol. The molecule has 0 unspecified atom stereocenters. The van der Waals surface area contributed by atoms with Gasteiger partial charge >= 0.3 is 0 Å². The summed E-state index contributed by atoms with van der Waals surface area (Å²) in [6.07, 6.45) is 4.07. The van der Waals surface area contributed by atoms with Gasteiger partial charge in [0.2, 0.25) is 0 Å². The molecular weight excluding hydrogens is 146 g/mol. The Balaban J connectivity index is 3.85. The lowest BCUT2D eigenvalue weighted by Crippen LogP contribution is -2.19. The highest BCUT2D eigenvalue weighted by atomic mass is 14.8. The Morgan fingerprint density at radius 2 is 2.08 bits per heavy atom. The van der Waals surface area contributed by atoms with Crippen molar-refractivity contribution in [2.24, 2.45) is 5.41 Å². The minimum absolute atomic E-state index is 0.342. The summed E-state index contributed by atoms with van der Waals surface area (Å²) < 4.78 is 0. The lowest BCUT2D eigenvalue weighted by molar-refractivity contribution is 0.331. The molecule has 1 heteroatoms. The van der Waals surface area contributed by atoms with Crippen molar-refractivity contribution in [2.75, 3.05) is 13.6 Å². The Morgan fingerprint density at radius 3 is 2.50 bits per heavy atom. The van der Waals surface area contributed by atoms with Crippen LogP contribution in [0.5, 0.6) is 0 Å². The van der Waals surface area contributed by atoms with Gasteiger partial charge in [-0.3, -0.25) is 0 Å². The molecule has 0 amide bonds. The highest BCUT2D eigenvalue weighted by molar-refractivity contribution is 5.12. The molecule has 0 aromatic heterocycles. The maximum absolute atomic E-state index is 3.93. The molecule has 0 rings (SSSR count). The van der Waals surface area contributed by atoms with E-state index in [1.54, 1.807) is 0 Å². The lowest BCUT2D eigenvalue weighted by atomic mass is 9.83. The van der Waals surface area contributed by atoms with Gasteiger partial charge in [0.05, 0.1) is 0 Å². The normalized spacial score (nSPS) is 11.2. The molecule has 0 bridgehead atoms. The zero-order valence-electron chi connectivity index (χ0n) is 8.61. The Hall–Kier alpha value is -0.560. The maximum Gasteiger partial charge on any atom is -0.00467 e. The van der Waals surface area contributed by atoms with E-state index < -0.39 is 0 Å². The van der Waals surface area contributed by atoms with Crippen LogP contribution in [0, 0.1) is 5.41 Å². The number of allylic oxidation sites excluding steroid dienone is 2. The van der Waals surface area contributed by atoms with Crippen LogP contribution in [0.3, 0.4) is 0 Å². The number of rotatable bonds is 6. The summed E-state index contributed by atoms with van der Waals surface area (Å²) in [4.78, 5) is 0. The SMILES string of the molecule is C=CC(=C)CC(C)(C)CCNC. The second-order valence-corrected chi connectivity index (χ2v) is 4.06. The first kappa shape index (κ1) is 11.4. The second-order valence-electron chi connectivity index (χ2n) is 4.06. The van der Waals surface area contributed by atoms with Gasteiger partial charge in [0.15, 0.2) is 0 Å². The molecule has 0 atom stereocenters. The maximum atomic E-state index is 3.93. The molecule has 1 nitrogen and oxygen atoms in total. The molecule has 0 fully saturated rings. The average molecular weight is 167 g/mol. The van der Waals surface area contributed by atoms with E-state index in [9.17, 15) is 0 Å². The van der Waals surface area contributed by atoms with Crippen LogP contribution >= 0.6 is 0 Å². The Labute approximate surface area is 76.6 Å². The van der Waals surface area contributed by atoms with Gasteiger partial charge in [-0.2, -0.15) is 0 Å². The van der Waals surface area contributed by atoms with Gasteiger partial charge in [-0.05, 0) is 31.8 Å². The largest absolute Gasteiger partial charge is 0.320 e. The van der Waals surface area contributed by atoms with E-state index in [0.717, 1.165) is 18.5 Å². The van der Waals surface area contributed by atoms with Crippen LogP contribution < -0.4 is 5.32 Å². The molecule has 0 aromatic rings. The number of nitrogens with one attached hydrogen (secondary N) is 1. The lowest BCUT2D eigenvalue weighted by Gasteiger charge is -2.24. The quantitative estimate of drug-likeness (QED) is 0.600. The van der Waals surface area contributed by atoms with Crippen LogP contribution in [0.25, 0.3) is 0 Å². The molecular formula is C11H21N. The van der Waals surface area contributed by atoms with Gasteiger partial charge in [-0.1, -0.05) is 38.7 Å². The molecule has 0 radical (unpaired) electrons. The van der Waals surface area contributed by atoms with Crippen LogP contribution in [-0.2, 0) is 0 Å². The summed E-state index contributed by atoms with van der Waals surface area (Å²) in [6, 6.07) is 0. The van der Waals surface area contributed by atoms with Gasteiger partial charge in [0.1, 0.15) is 0 Å². The molecule has 1 N–H and O–H groups in total. The van der Waals surface area contributed by atoms with E-state index in [0.29, 0.717) is 5.41 Å². The van der Waals surface area contributed by atoms with E-state index in [1.807, 2.05) is 13.1 Å². The zero-order chi connectivity index (χ0) is 9.61. The minimum Gasteiger partial charge on any atom is -0.320 e. The van der Waals surface area contributed by atoms with Crippen molar-refractivity contribution in [3.63, 3.8) is 0 Å². The van der Waals surface area contributed by atoms with Crippen molar-refractivity contribution < 1.29 is 0 Å². The van der Waals surface area contributed by atoms with E-state index in [-0.39, 0.29) is 0 Å². The standard InChI is InChI=1S/C11H21N/c1-6-10(2)9-11(3,4)7-8-12-5/h6,12H,1-2,7-9H2,3-5H3. The van der Waals surface area contributed by atoms with Gasteiger partial charge in [0, 0.05) is 0 Å². The van der Waals surface area contributed by atoms with E-state index in [4.69, 9.17) is 0 Å². The molecule has 0 aliphatic carbocycles. The minimum atomic E-state index is 0.342. The van der Waals surface area contributed by atoms with Crippen molar-refractivity contribution in [1.29, 1.82) is 0 Å². The van der Waals surface area contributed by atoms with E-state index in [2.05, 4.69) is 32.3 Å².